The van der Waals surface area contributed by atoms with Crippen molar-refractivity contribution in [1.29, 1.82) is 0 Å². The van der Waals surface area contributed by atoms with Gasteiger partial charge in [-0.05, 0) is 25.0 Å². The average molecular weight is 339 g/mol. The molecular weight excluding hydrogens is 320 g/mol. The van der Waals surface area contributed by atoms with E-state index in [1.165, 1.54) is 6.42 Å². The maximum atomic E-state index is 13.3. The van der Waals surface area contributed by atoms with Gasteiger partial charge in [0.25, 0.3) is 0 Å². The van der Waals surface area contributed by atoms with E-state index < -0.39 is 6.55 Å². The first-order valence-corrected chi connectivity index (χ1v) is 8.81. The van der Waals surface area contributed by atoms with Crippen LogP contribution in [0, 0.1) is 0 Å². The molecule has 124 valence electrons. The molecule has 0 spiro atoms. The third kappa shape index (κ3) is 3.83. The van der Waals surface area contributed by atoms with Crippen molar-refractivity contribution < 1.29 is 13.6 Å². The van der Waals surface area contributed by atoms with Crippen molar-refractivity contribution >= 4 is 28.7 Å². The molecule has 0 bridgehead atoms. The quantitative estimate of drug-likeness (QED) is 0.839. The van der Waals surface area contributed by atoms with Gasteiger partial charge in [-0.15, -0.1) is 0 Å². The number of nitrogens with zero attached hydrogens (tertiary/aromatic N) is 2. The third-order valence-electron chi connectivity index (χ3n) is 4.06. The molecule has 1 heterocycles. The highest BCUT2D eigenvalue weighted by atomic mass is 32.2. The third-order valence-corrected chi connectivity index (χ3v) is 5.01. The molecule has 4 nitrogen and oxygen atoms in total. The van der Waals surface area contributed by atoms with Crippen LogP contribution in [0.5, 0.6) is 0 Å². The Bertz CT molecular complexity index is 683. The molecular formula is C16H19F2N3OS. The number of halogens is 2. The summed E-state index contributed by atoms with van der Waals surface area (Å²) in [5.41, 5.74) is 0.903. The van der Waals surface area contributed by atoms with Gasteiger partial charge in [0.1, 0.15) is 0 Å². The van der Waals surface area contributed by atoms with Crippen LogP contribution in [-0.4, -0.2) is 27.3 Å². The van der Waals surface area contributed by atoms with E-state index in [4.69, 9.17) is 0 Å². The Kier molecular flexibility index (Phi) is 5.15. The lowest BCUT2D eigenvalue weighted by Gasteiger charge is -2.22. The summed E-state index contributed by atoms with van der Waals surface area (Å²) in [5, 5.41) is 3.17. The lowest BCUT2D eigenvalue weighted by atomic mass is 9.95. The zero-order valence-corrected chi connectivity index (χ0v) is 13.5. The van der Waals surface area contributed by atoms with E-state index in [1.54, 1.807) is 24.3 Å². The summed E-state index contributed by atoms with van der Waals surface area (Å²) in [6.07, 6.45) is 5.51. The minimum absolute atomic E-state index is 0.104. The standard InChI is InChI=1S/C16H19F2N3OS/c17-15(18)21-13-9-5-4-8-12(13)20-16(21)23-10-14(22)19-11-6-2-1-3-7-11/h4-5,8-9,11,15H,1-3,6-7,10H2,(H,19,22). The van der Waals surface area contributed by atoms with E-state index in [-0.39, 0.29) is 22.9 Å². The Morgan fingerprint density at radius 1 is 1.30 bits per heavy atom. The topological polar surface area (TPSA) is 46.9 Å². The molecule has 3 rings (SSSR count). The van der Waals surface area contributed by atoms with Gasteiger partial charge in [0.05, 0.1) is 16.8 Å². The summed E-state index contributed by atoms with van der Waals surface area (Å²) in [4.78, 5) is 16.2. The highest BCUT2D eigenvalue weighted by Gasteiger charge is 2.20. The maximum Gasteiger partial charge on any atom is 0.321 e. The number of rotatable bonds is 5. The zero-order chi connectivity index (χ0) is 16.2. The van der Waals surface area contributed by atoms with E-state index in [0.717, 1.165) is 42.0 Å². The van der Waals surface area contributed by atoms with Crippen molar-refractivity contribution in [3.05, 3.63) is 24.3 Å². The van der Waals surface area contributed by atoms with Crippen molar-refractivity contribution in [3.63, 3.8) is 0 Å². The van der Waals surface area contributed by atoms with Gasteiger partial charge in [-0.25, -0.2) is 4.98 Å². The molecule has 0 saturated heterocycles. The molecule has 1 aliphatic rings. The monoisotopic (exact) mass is 339 g/mol. The van der Waals surface area contributed by atoms with E-state index >= 15 is 0 Å². The molecule has 0 atom stereocenters. The van der Waals surface area contributed by atoms with Crippen LogP contribution in [0.3, 0.4) is 0 Å². The Hall–Kier alpha value is -1.63. The van der Waals surface area contributed by atoms with Crippen LogP contribution in [0.1, 0.15) is 38.7 Å². The summed E-state index contributed by atoms with van der Waals surface area (Å²) in [5.74, 6) is -0.0122. The molecule has 23 heavy (non-hydrogen) atoms. The molecule has 2 aromatic rings. The predicted octanol–water partition coefficient (Wildman–Crippen LogP) is 3.97. The van der Waals surface area contributed by atoms with Gasteiger partial charge in [0, 0.05) is 6.04 Å². The zero-order valence-electron chi connectivity index (χ0n) is 12.7. The Labute approximate surface area is 137 Å². The number of aromatic nitrogens is 2. The minimum atomic E-state index is -2.67. The number of thioether (sulfide) groups is 1. The fourth-order valence-corrected chi connectivity index (χ4v) is 3.78. The smallest absolute Gasteiger partial charge is 0.321 e. The number of hydrogen-bond acceptors (Lipinski definition) is 3. The summed E-state index contributed by atoms with van der Waals surface area (Å²) >= 11 is 1.06. The van der Waals surface area contributed by atoms with Crippen LogP contribution in [0.15, 0.2) is 29.4 Å². The van der Waals surface area contributed by atoms with Gasteiger partial charge in [0.15, 0.2) is 5.16 Å². The van der Waals surface area contributed by atoms with Gasteiger partial charge in [-0.1, -0.05) is 43.2 Å². The number of alkyl halides is 2. The largest absolute Gasteiger partial charge is 0.353 e. The Morgan fingerprint density at radius 3 is 2.78 bits per heavy atom. The van der Waals surface area contributed by atoms with E-state index in [9.17, 15) is 13.6 Å². The van der Waals surface area contributed by atoms with Crippen molar-refractivity contribution in [2.45, 2.75) is 49.9 Å². The number of carbonyl (C=O) groups excluding carboxylic acids is 1. The Morgan fingerprint density at radius 2 is 2.04 bits per heavy atom. The molecule has 1 aromatic carbocycles. The first kappa shape index (κ1) is 16.2. The molecule has 1 fully saturated rings. The SMILES string of the molecule is O=C(CSc1nc2ccccc2n1C(F)F)NC1CCCCC1. The second-order valence-corrected chi connectivity index (χ2v) is 6.66. The molecule has 1 saturated carbocycles. The summed E-state index contributed by atoms with van der Waals surface area (Å²) in [6, 6.07) is 6.99. The van der Waals surface area contributed by atoms with Crippen LogP contribution in [0.4, 0.5) is 8.78 Å². The summed E-state index contributed by atoms with van der Waals surface area (Å²) < 4.78 is 27.5. The molecule has 0 aliphatic heterocycles. The number of benzene rings is 1. The number of imidazole rings is 1. The van der Waals surface area contributed by atoms with E-state index in [0.29, 0.717) is 11.0 Å². The maximum absolute atomic E-state index is 13.3. The van der Waals surface area contributed by atoms with Gasteiger partial charge in [0.2, 0.25) is 5.91 Å². The highest BCUT2D eigenvalue weighted by Crippen LogP contribution is 2.29. The van der Waals surface area contributed by atoms with Crippen molar-refractivity contribution in [3.8, 4) is 0 Å². The van der Waals surface area contributed by atoms with Gasteiger partial charge in [-0.2, -0.15) is 8.78 Å². The first-order valence-electron chi connectivity index (χ1n) is 7.82. The number of amides is 1. The van der Waals surface area contributed by atoms with Crippen molar-refractivity contribution in [1.82, 2.24) is 14.9 Å². The first-order chi connectivity index (χ1) is 11.1. The van der Waals surface area contributed by atoms with Crippen LogP contribution in [-0.2, 0) is 4.79 Å². The van der Waals surface area contributed by atoms with Crippen LogP contribution < -0.4 is 5.32 Å². The number of nitrogens with one attached hydrogen (secondary N) is 1. The molecule has 0 radical (unpaired) electrons. The number of carbonyl (C=O) groups is 1. The highest BCUT2D eigenvalue weighted by molar-refractivity contribution is 7.99. The number of hydrogen-bond donors (Lipinski definition) is 1. The molecule has 1 N–H and O–H groups in total. The van der Waals surface area contributed by atoms with Gasteiger partial charge >= 0.3 is 6.55 Å². The second-order valence-electron chi connectivity index (χ2n) is 5.72. The van der Waals surface area contributed by atoms with Crippen molar-refractivity contribution in [2.75, 3.05) is 5.75 Å². The van der Waals surface area contributed by atoms with Crippen LogP contribution >= 0.6 is 11.8 Å². The summed E-state index contributed by atoms with van der Waals surface area (Å²) in [7, 11) is 0. The molecule has 1 aliphatic carbocycles. The number of fused-ring (bicyclic) bond motifs is 1. The van der Waals surface area contributed by atoms with Crippen LogP contribution in [0.25, 0.3) is 11.0 Å². The van der Waals surface area contributed by atoms with Crippen molar-refractivity contribution in [2.24, 2.45) is 0 Å². The molecule has 1 aromatic heterocycles. The van der Waals surface area contributed by atoms with Gasteiger partial charge < -0.3 is 5.32 Å². The Balaban J connectivity index is 1.66. The fraction of sp³-hybridized carbons (Fsp3) is 0.500. The summed E-state index contributed by atoms with van der Waals surface area (Å²) in [6.45, 7) is -2.67. The molecule has 1 amide bonds. The minimum Gasteiger partial charge on any atom is -0.353 e. The average Bonchev–Trinajstić information content (AvgIpc) is 2.92. The van der Waals surface area contributed by atoms with E-state index in [1.807, 2.05) is 0 Å². The fourth-order valence-electron chi connectivity index (χ4n) is 2.96. The van der Waals surface area contributed by atoms with E-state index in [2.05, 4.69) is 10.3 Å². The second kappa shape index (κ2) is 7.29. The normalized spacial score (nSPS) is 16.1. The number of para-hydroxylation sites is 2. The lowest BCUT2D eigenvalue weighted by Crippen LogP contribution is -2.37. The lowest BCUT2D eigenvalue weighted by molar-refractivity contribution is -0.119. The van der Waals surface area contributed by atoms with Gasteiger partial charge in [-0.3, -0.25) is 9.36 Å². The van der Waals surface area contributed by atoms with Crippen LogP contribution in [0.2, 0.25) is 0 Å². The molecule has 0 unspecified atom stereocenters. The molecule has 7 heteroatoms. The predicted molar refractivity (Wildman–Crippen MR) is 86.7 cm³/mol.